The number of hydrogen-bond acceptors (Lipinski definition) is 3. The molecule has 0 aliphatic carbocycles. The quantitative estimate of drug-likeness (QED) is 0.748. The minimum atomic E-state index is 0.258. The minimum absolute atomic E-state index is 0.258. The van der Waals surface area contributed by atoms with Gasteiger partial charge in [-0.1, -0.05) is 40.2 Å². The molecule has 2 aromatic carbocycles. The van der Waals surface area contributed by atoms with Crippen LogP contribution in [0.25, 0.3) is 10.2 Å². The van der Waals surface area contributed by atoms with Gasteiger partial charge in [0.15, 0.2) is 0 Å². The number of thiazole rings is 1. The lowest BCUT2D eigenvalue weighted by Gasteiger charge is -2.13. The van der Waals surface area contributed by atoms with Crippen molar-refractivity contribution in [1.82, 2.24) is 10.3 Å². The molecule has 0 bridgehead atoms. The molecular weight excluding hydrogens is 332 g/mol. The second-order valence-corrected chi connectivity index (χ2v) is 6.67. The molecule has 0 amide bonds. The lowest BCUT2D eigenvalue weighted by molar-refractivity contribution is 0.589. The van der Waals surface area contributed by atoms with E-state index in [9.17, 15) is 0 Å². The maximum atomic E-state index is 4.74. The Morgan fingerprint density at radius 3 is 2.60 bits per heavy atom. The van der Waals surface area contributed by atoms with E-state index >= 15 is 0 Å². The second kappa shape index (κ2) is 6.04. The van der Waals surface area contributed by atoms with Crippen molar-refractivity contribution in [3.63, 3.8) is 0 Å². The van der Waals surface area contributed by atoms with Crippen LogP contribution in [0.4, 0.5) is 0 Å². The average Bonchev–Trinajstić information content (AvgIpc) is 2.90. The molecule has 1 N–H and O–H groups in total. The van der Waals surface area contributed by atoms with Crippen molar-refractivity contribution in [3.05, 3.63) is 63.6 Å². The molecule has 4 heteroatoms. The highest BCUT2D eigenvalue weighted by molar-refractivity contribution is 9.10. The van der Waals surface area contributed by atoms with E-state index < -0.39 is 0 Å². The van der Waals surface area contributed by atoms with E-state index in [4.69, 9.17) is 4.98 Å². The first kappa shape index (κ1) is 13.7. The SMILES string of the molecule is CNC(Cc1ccc(Br)cc1)c1nc2ccccc2s1. The fourth-order valence-electron chi connectivity index (χ4n) is 2.21. The number of fused-ring (bicyclic) bond motifs is 1. The van der Waals surface area contributed by atoms with Crippen molar-refractivity contribution in [3.8, 4) is 0 Å². The van der Waals surface area contributed by atoms with Crippen LogP contribution in [-0.4, -0.2) is 12.0 Å². The lowest BCUT2D eigenvalue weighted by atomic mass is 10.1. The summed E-state index contributed by atoms with van der Waals surface area (Å²) < 4.78 is 2.36. The molecule has 0 aliphatic rings. The summed E-state index contributed by atoms with van der Waals surface area (Å²) in [7, 11) is 2.00. The van der Waals surface area contributed by atoms with Gasteiger partial charge in [-0.3, -0.25) is 0 Å². The fraction of sp³-hybridized carbons (Fsp3) is 0.188. The van der Waals surface area contributed by atoms with E-state index in [1.54, 1.807) is 11.3 Å². The monoisotopic (exact) mass is 346 g/mol. The van der Waals surface area contributed by atoms with Crippen LogP contribution in [-0.2, 0) is 6.42 Å². The molecule has 0 spiro atoms. The first-order chi connectivity index (χ1) is 9.76. The van der Waals surface area contributed by atoms with Crippen molar-refractivity contribution in [2.75, 3.05) is 7.05 Å². The highest BCUT2D eigenvalue weighted by Crippen LogP contribution is 2.28. The van der Waals surface area contributed by atoms with Gasteiger partial charge in [0, 0.05) is 4.47 Å². The number of benzene rings is 2. The maximum absolute atomic E-state index is 4.74. The molecule has 1 heterocycles. The predicted molar refractivity (Wildman–Crippen MR) is 89.3 cm³/mol. The van der Waals surface area contributed by atoms with Crippen molar-refractivity contribution in [2.24, 2.45) is 0 Å². The Bertz CT molecular complexity index is 673. The van der Waals surface area contributed by atoms with Crippen molar-refractivity contribution >= 4 is 37.5 Å². The molecule has 0 saturated heterocycles. The third-order valence-electron chi connectivity index (χ3n) is 3.31. The Morgan fingerprint density at radius 2 is 1.90 bits per heavy atom. The van der Waals surface area contributed by atoms with Crippen LogP contribution < -0.4 is 5.32 Å². The number of nitrogens with one attached hydrogen (secondary N) is 1. The summed E-state index contributed by atoms with van der Waals surface area (Å²) in [4.78, 5) is 4.74. The second-order valence-electron chi connectivity index (χ2n) is 4.69. The largest absolute Gasteiger partial charge is 0.311 e. The molecule has 0 aliphatic heterocycles. The zero-order chi connectivity index (χ0) is 13.9. The zero-order valence-corrected chi connectivity index (χ0v) is 13.5. The standard InChI is InChI=1S/C16H15BrN2S/c1-18-14(10-11-6-8-12(17)9-7-11)16-19-13-4-2-3-5-15(13)20-16/h2-9,14,18H,10H2,1H3. The van der Waals surface area contributed by atoms with Gasteiger partial charge in [0.25, 0.3) is 0 Å². The van der Waals surface area contributed by atoms with Gasteiger partial charge in [0.05, 0.1) is 16.3 Å². The molecule has 2 nitrogen and oxygen atoms in total. The molecule has 0 saturated carbocycles. The summed E-state index contributed by atoms with van der Waals surface area (Å²) in [6, 6.07) is 17.0. The molecule has 1 atom stereocenters. The van der Waals surface area contributed by atoms with Crippen molar-refractivity contribution < 1.29 is 0 Å². The van der Waals surface area contributed by atoms with Crippen LogP contribution >= 0.6 is 27.3 Å². The predicted octanol–water partition coefficient (Wildman–Crippen LogP) is 4.56. The fourth-order valence-corrected chi connectivity index (χ4v) is 3.55. The Labute approximate surface area is 131 Å². The minimum Gasteiger partial charge on any atom is -0.311 e. The summed E-state index contributed by atoms with van der Waals surface area (Å²) in [5.41, 5.74) is 2.40. The molecule has 0 fully saturated rings. The van der Waals surface area contributed by atoms with Gasteiger partial charge >= 0.3 is 0 Å². The van der Waals surface area contributed by atoms with Crippen LogP contribution in [0, 0.1) is 0 Å². The first-order valence-corrected chi connectivity index (χ1v) is 8.14. The van der Waals surface area contributed by atoms with Crippen LogP contribution in [0.1, 0.15) is 16.6 Å². The number of hydrogen-bond donors (Lipinski definition) is 1. The summed E-state index contributed by atoms with van der Waals surface area (Å²) in [6.45, 7) is 0. The van der Waals surface area contributed by atoms with Crippen LogP contribution in [0.5, 0.6) is 0 Å². The molecule has 1 aromatic heterocycles. The summed E-state index contributed by atoms with van der Waals surface area (Å²) in [6.07, 6.45) is 0.948. The van der Waals surface area contributed by atoms with Gasteiger partial charge in [0.1, 0.15) is 5.01 Å². The van der Waals surface area contributed by atoms with Gasteiger partial charge < -0.3 is 5.32 Å². The summed E-state index contributed by atoms with van der Waals surface area (Å²) in [5.74, 6) is 0. The van der Waals surface area contributed by atoms with E-state index in [-0.39, 0.29) is 6.04 Å². The van der Waals surface area contributed by atoms with E-state index in [0.717, 1.165) is 21.4 Å². The van der Waals surface area contributed by atoms with Gasteiger partial charge in [0.2, 0.25) is 0 Å². The molecule has 3 aromatic rings. The summed E-state index contributed by atoms with van der Waals surface area (Å²) >= 11 is 5.24. The summed E-state index contributed by atoms with van der Waals surface area (Å²) in [5, 5.41) is 4.53. The Hall–Kier alpha value is -1.23. The van der Waals surface area contributed by atoms with Crippen molar-refractivity contribution in [1.29, 1.82) is 0 Å². The van der Waals surface area contributed by atoms with Gasteiger partial charge in [-0.15, -0.1) is 11.3 Å². The van der Waals surface area contributed by atoms with Crippen LogP contribution in [0.15, 0.2) is 53.0 Å². The van der Waals surface area contributed by atoms with E-state index in [1.807, 2.05) is 13.1 Å². The Balaban J connectivity index is 1.87. The smallest absolute Gasteiger partial charge is 0.111 e. The average molecular weight is 347 g/mol. The highest BCUT2D eigenvalue weighted by atomic mass is 79.9. The molecular formula is C16H15BrN2S. The third-order valence-corrected chi connectivity index (χ3v) is 4.99. The maximum Gasteiger partial charge on any atom is 0.111 e. The van der Waals surface area contributed by atoms with Gasteiger partial charge in [-0.25, -0.2) is 4.98 Å². The molecule has 102 valence electrons. The number of likely N-dealkylation sites (N-methyl/N-ethyl adjacent to an activating group) is 1. The molecule has 1 unspecified atom stereocenters. The number of halogens is 1. The Kier molecular flexibility index (Phi) is 4.15. The molecule has 20 heavy (non-hydrogen) atoms. The van der Waals surface area contributed by atoms with Gasteiger partial charge in [-0.05, 0) is 43.3 Å². The third kappa shape index (κ3) is 2.92. The molecule has 3 rings (SSSR count). The Morgan fingerprint density at radius 1 is 1.15 bits per heavy atom. The first-order valence-electron chi connectivity index (χ1n) is 6.53. The normalized spacial score (nSPS) is 12.7. The van der Waals surface area contributed by atoms with Crippen LogP contribution in [0.3, 0.4) is 0 Å². The van der Waals surface area contributed by atoms with E-state index in [1.165, 1.54) is 10.3 Å². The number of rotatable bonds is 4. The zero-order valence-electron chi connectivity index (χ0n) is 11.1. The topological polar surface area (TPSA) is 24.9 Å². The number of aromatic nitrogens is 1. The number of nitrogens with zero attached hydrogens (tertiary/aromatic N) is 1. The lowest BCUT2D eigenvalue weighted by Crippen LogP contribution is -2.18. The van der Waals surface area contributed by atoms with Crippen molar-refractivity contribution in [2.45, 2.75) is 12.5 Å². The highest BCUT2D eigenvalue weighted by Gasteiger charge is 2.15. The van der Waals surface area contributed by atoms with Gasteiger partial charge in [-0.2, -0.15) is 0 Å². The van der Waals surface area contributed by atoms with E-state index in [2.05, 4.69) is 63.7 Å². The number of para-hydroxylation sites is 1. The van der Waals surface area contributed by atoms with E-state index in [0.29, 0.717) is 0 Å². The molecule has 0 radical (unpaired) electrons. The van der Waals surface area contributed by atoms with Crippen LogP contribution in [0.2, 0.25) is 0 Å².